The van der Waals surface area contributed by atoms with Crippen LogP contribution in [0.15, 0.2) is 65.8 Å². The third kappa shape index (κ3) is 16.8. The summed E-state index contributed by atoms with van der Waals surface area (Å²) in [6.45, 7) is 14.8. The number of unbranched alkanes of at least 4 members (excludes halogenated alkanes) is 2. The Labute approximate surface area is 356 Å². The molecule has 5 atom stereocenters. The number of carbonyl (C=O) groups is 5. The monoisotopic (exact) mass is 832 g/mol. The minimum Gasteiger partial charge on any atom is -0.379 e. The Kier molecular flexibility index (Phi) is 19.7. The Morgan fingerprint density at radius 3 is 1.87 bits per heavy atom. The number of morpholine rings is 1. The summed E-state index contributed by atoms with van der Waals surface area (Å²) in [4.78, 5) is 70.9. The van der Waals surface area contributed by atoms with Gasteiger partial charge in [-0.15, -0.1) is 0 Å². The molecule has 0 aliphatic carbocycles. The summed E-state index contributed by atoms with van der Waals surface area (Å²) in [5.41, 5.74) is 4.30. The van der Waals surface area contributed by atoms with Crippen LogP contribution in [0, 0.1) is 11.8 Å². The number of carbonyl (C=O) groups excluding carboxylic acids is 5. The second-order valence-electron chi connectivity index (χ2n) is 17.2. The summed E-state index contributed by atoms with van der Waals surface area (Å²) in [7, 11) is 0. The lowest BCUT2D eigenvalue weighted by molar-refractivity contribution is -0.134. The molecule has 2 aliphatic rings. The summed E-state index contributed by atoms with van der Waals surface area (Å²) in [6.07, 6.45) is 4.87. The average Bonchev–Trinajstić information content (AvgIpc) is 3.97. The van der Waals surface area contributed by atoms with Gasteiger partial charge in [0.15, 0.2) is 0 Å². The third-order valence-electron chi connectivity index (χ3n) is 10.7. The highest BCUT2D eigenvalue weighted by atomic mass is 16.6. The van der Waals surface area contributed by atoms with E-state index in [9.17, 15) is 24.0 Å². The molecular formula is C46H69N7O7. The van der Waals surface area contributed by atoms with E-state index in [1.165, 1.54) is 0 Å². The van der Waals surface area contributed by atoms with Gasteiger partial charge in [-0.1, -0.05) is 108 Å². The molecule has 14 heteroatoms. The van der Waals surface area contributed by atoms with Gasteiger partial charge in [-0.3, -0.25) is 28.9 Å². The average molecular weight is 832 g/mol. The highest BCUT2D eigenvalue weighted by Gasteiger charge is 2.49. The first kappa shape index (κ1) is 48.0. The number of ether oxygens (including phenoxy) is 2. The van der Waals surface area contributed by atoms with Crippen LogP contribution in [0.3, 0.4) is 0 Å². The Morgan fingerprint density at radius 1 is 0.717 bits per heavy atom. The van der Waals surface area contributed by atoms with Gasteiger partial charge in [0.1, 0.15) is 23.7 Å². The van der Waals surface area contributed by atoms with Crippen molar-refractivity contribution in [3.8, 4) is 0 Å². The van der Waals surface area contributed by atoms with Gasteiger partial charge in [-0.2, -0.15) is 5.10 Å². The summed E-state index contributed by atoms with van der Waals surface area (Å²) >= 11 is 0. The van der Waals surface area contributed by atoms with Gasteiger partial charge < -0.3 is 30.7 Å². The van der Waals surface area contributed by atoms with Crippen molar-refractivity contribution in [2.24, 2.45) is 16.9 Å². The van der Waals surface area contributed by atoms with Crippen LogP contribution in [0.5, 0.6) is 0 Å². The van der Waals surface area contributed by atoms with Gasteiger partial charge >= 0.3 is 0 Å². The van der Waals surface area contributed by atoms with E-state index in [1.54, 1.807) is 0 Å². The molecule has 0 radical (unpaired) electrons. The first-order chi connectivity index (χ1) is 28.8. The molecule has 0 bridgehead atoms. The van der Waals surface area contributed by atoms with Gasteiger partial charge in [0.25, 0.3) is 0 Å². The van der Waals surface area contributed by atoms with Crippen molar-refractivity contribution in [2.75, 3.05) is 39.5 Å². The van der Waals surface area contributed by atoms with E-state index in [0.717, 1.165) is 30.4 Å². The Hall–Kier alpha value is -4.66. The molecule has 2 heterocycles. The molecule has 5 N–H and O–H groups in total. The van der Waals surface area contributed by atoms with E-state index < -0.39 is 47.5 Å². The van der Waals surface area contributed by atoms with E-state index in [1.807, 2.05) is 100 Å². The fourth-order valence-electron chi connectivity index (χ4n) is 7.25. The van der Waals surface area contributed by atoms with E-state index in [-0.39, 0.29) is 36.6 Å². The van der Waals surface area contributed by atoms with Gasteiger partial charge in [-0.25, -0.2) is 5.43 Å². The number of epoxide rings is 1. The molecule has 2 aromatic carbocycles. The molecule has 2 aliphatic heterocycles. The third-order valence-corrected chi connectivity index (χ3v) is 10.7. The van der Waals surface area contributed by atoms with E-state index >= 15 is 0 Å². The summed E-state index contributed by atoms with van der Waals surface area (Å²) in [5, 5.41) is 16.6. The number of hydrogen-bond donors (Lipinski definition) is 5. The largest absolute Gasteiger partial charge is 0.379 e. The number of amides is 5. The molecule has 2 aromatic rings. The van der Waals surface area contributed by atoms with E-state index in [0.29, 0.717) is 70.7 Å². The van der Waals surface area contributed by atoms with Gasteiger partial charge in [0.05, 0.1) is 38.1 Å². The summed E-state index contributed by atoms with van der Waals surface area (Å²) in [6, 6.07) is 15.6. The molecule has 5 amide bonds. The van der Waals surface area contributed by atoms with Crippen LogP contribution in [-0.4, -0.2) is 109 Å². The molecule has 4 rings (SSSR count). The van der Waals surface area contributed by atoms with Crippen LogP contribution in [0.4, 0.5) is 0 Å². The molecule has 0 aromatic heterocycles. The minimum atomic E-state index is -1.03. The van der Waals surface area contributed by atoms with Gasteiger partial charge in [0, 0.05) is 25.9 Å². The zero-order chi connectivity index (χ0) is 43.5. The quantitative estimate of drug-likeness (QED) is 0.0430. The standard InChI is InChI=1S/C46H69N7O7/c1-7-8-11-20-40(54)51-52-42(46(6)31-60-46)37(27-32(2)3)48-45(58)39(29-35-18-14-10-15-19-35)50-44(57)38(28-33(4)5)49-43(56)36(22-21-34-16-12-9-13-17-34)47-41(55)30-53-23-25-59-26-24-53/h9-10,12-19,32-33,36-39H,7-8,11,20-31H2,1-6H3,(H,47,55)(H,48,58)(H,49,56)(H,50,57)(H,51,54)/b52-42-/t36-,37-,38?,39-,46+/m0/s1. The first-order valence-electron chi connectivity index (χ1n) is 21.9. The van der Waals surface area contributed by atoms with Crippen LogP contribution >= 0.6 is 0 Å². The highest BCUT2D eigenvalue weighted by Crippen LogP contribution is 2.31. The maximum Gasteiger partial charge on any atom is 0.243 e. The lowest BCUT2D eigenvalue weighted by atomic mass is 9.92. The number of hydrogen-bond acceptors (Lipinski definition) is 9. The summed E-state index contributed by atoms with van der Waals surface area (Å²) < 4.78 is 11.2. The topological polar surface area (TPSA) is 183 Å². The maximum absolute atomic E-state index is 14.5. The number of benzene rings is 2. The normalized spacial score (nSPS) is 18.8. The molecule has 330 valence electrons. The van der Waals surface area contributed by atoms with Crippen molar-refractivity contribution in [2.45, 2.75) is 129 Å². The number of nitrogens with one attached hydrogen (secondary N) is 5. The van der Waals surface area contributed by atoms with Crippen LogP contribution < -0.4 is 26.7 Å². The second kappa shape index (κ2) is 24.6. The number of hydrazone groups is 1. The van der Waals surface area contributed by atoms with Crippen LogP contribution in [-0.2, 0) is 46.3 Å². The number of aryl methyl sites for hydroxylation is 1. The van der Waals surface area contributed by atoms with Gasteiger partial charge in [0.2, 0.25) is 29.5 Å². The Morgan fingerprint density at radius 2 is 1.27 bits per heavy atom. The minimum absolute atomic E-state index is 0.00629. The van der Waals surface area contributed by atoms with Crippen molar-refractivity contribution < 1.29 is 33.4 Å². The molecule has 2 saturated heterocycles. The molecule has 2 fully saturated rings. The van der Waals surface area contributed by atoms with Crippen LogP contribution in [0.1, 0.15) is 97.6 Å². The lowest BCUT2D eigenvalue weighted by Gasteiger charge is -2.29. The molecule has 60 heavy (non-hydrogen) atoms. The molecule has 14 nitrogen and oxygen atoms in total. The highest BCUT2D eigenvalue weighted by molar-refractivity contribution is 6.02. The van der Waals surface area contributed by atoms with E-state index in [2.05, 4.69) is 38.7 Å². The predicted octanol–water partition coefficient (Wildman–Crippen LogP) is 4.07. The van der Waals surface area contributed by atoms with Crippen molar-refractivity contribution in [3.05, 3.63) is 71.8 Å². The smallest absolute Gasteiger partial charge is 0.243 e. The Balaban J connectivity index is 1.55. The van der Waals surface area contributed by atoms with Crippen molar-refractivity contribution in [1.29, 1.82) is 0 Å². The SMILES string of the molecule is CCCCCC(=O)N/N=C(/[C@H](CC(C)C)NC(=O)[C@H](Cc1ccccc1)NC(=O)C(CC(C)C)NC(=O)[C@H](CCc1ccccc1)NC(=O)CN1CCOCC1)[C@@]1(C)CO1. The number of nitrogens with zero attached hydrogens (tertiary/aromatic N) is 2. The maximum atomic E-state index is 14.5. The van der Waals surface area contributed by atoms with Crippen molar-refractivity contribution in [3.63, 3.8) is 0 Å². The van der Waals surface area contributed by atoms with E-state index in [4.69, 9.17) is 9.47 Å². The Bertz CT molecular complexity index is 1690. The first-order valence-corrected chi connectivity index (χ1v) is 21.9. The zero-order valence-corrected chi connectivity index (χ0v) is 36.6. The fourth-order valence-corrected chi connectivity index (χ4v) is 7.25. The van der Waals surface area contributed by atoms with Gasteiger partial charge in [-0.05, 0) is 62.0 Å². The van der Waals surface area contributed by atoms with Crippen LogP contribution in [0.2, 0.25) is 0 Å². The summed E-state index contributed by atoms with van der Waals surface area (Å²) in [5.74, 6) is -1.76. The number of rotatable bonds is 25. The molecular weight excluding hydrogens is 763 g/mol. The zero-order valence-electron chi connectivity index (χ0n) is 36.6. The second-order valence-corrected chi connectivity index (χ2v) is 17.2. The lowest BCUT2D eigenvalue weighted by Crippen LogP contribution is -2.59. The molecule has 0 spiro atoms. The van der Waals surface area contributed by atoms with Crippen molar-refractivity contribution >= 4 is 35.2 Å². The van der Waals surface area contributed by atoms with Crippen LogP contribution in [0.25, 0.3) is 0 Å². The van der Waals surface area contributed by atoms with Crippen molar-refractivity contribution in [1.82, 2.24) is 31.6 Å². The fraction of sp³-hybridized carbons (Fsp3) is 0.609. The predicted molar refractivity (Wildman–Crippen MR) is 233 cm³/mol. The molecule has 1 unspecified atom stereocenters. The molecule has 0 saturated carbocycles.